The summed E-state index contributed by atoms with van der Waals surface area (Å²) in [4.78, 5) is 4.04. The van der Waals surface area contributed by atoms with Gasteiger partial charge in [0.2, 0.25) is 0 Å². The van der Waals surface area contributed by atoms with Gasteiger partial charge in [-0.2, -0.15) is 0 Å². The maximum atomic E-state index is 12.7. The Morgan fingerprint density at radius 1 is 1.75 bits per heavy atom. The predicted molar refractivity (Wildman–Crippen MR) is 61.8 cm³/mol. The summed E-state index contributed by atoms with van der Waals surface area (Å²) in [6.45, 7) is -3.19. The van der Waals surface area contributed by atoms with E-state index < -0.39 is 26.2 Å². The molecule has 0 spiro atoms. The number of hydrogen-bond acceptors (Lipinski definition) is 4. The largest absolute Gasteiger partial charge is 0.345 e. The molecule has 0 bridgehead atoms. The molecule has 0 aromatic heterocycles. The first-order valence-electron chi connectivity index (χ1n) is 6.44. The lowest BCUT2D eigenvalue weighted by Crippen LogP contribution is -2.42. The zero-order valence-corrected chi connectivity index (χ0v) is 10.6. The molecule has 0 aliphatic carbocycles. The van der Waals surface area contributed by atoms with Crippen LogP contribution in [0.3, 0.4) is 0 Å². The van der Waals surface area contributed by atoms with Crippen molar-refractivity contribution >= 4 is 30.9 Å². The smallest absolute Gasteiger partial charge is 0.306 e. The Morgan fingerprint density at radius 2 is 2.50 bits per heavy atom. The van der Waals surface area contributed by atoms with Gasteiger partial charge < -0.3 is 4.52 Å². The molecular formula is C7H15Cl2N2O4P. The lowest BCUT2D eigenvalue weighted by molar-refractivity contribution is -0.286. The van der Waals surface area contributed by atoms with Crippen LogP contribution in [-0.4, -0.2) is 47.5 Å². The highest BCUT2D eigenvalue weighted by Gasteiger charge is 2.37. The van der Waals surface area contributed by atoms with Crippen LogP contribution < -0.4 is 5.09 Å². The molecule has 1 aliphatic rings. The SMILES string of the molecule is [2H]C([2H])(Cl)C([2H])([2H])N(CCCl)P1(=O)NC(OO)CCO1. The molecule has 1 rings (SSSR count). The Hall–Kier alpha value is 0.610. The summed E-state index contributed by atoms with van der Waals surface area (Å²) >= 11 is 10.9. The molecule has 9 heteroatoms. The van der Waals surface area contributed by atoms with E-state index in [1.54, 1.807) is 0 Å². The summed E-state index contributed by atoms with van der Waals surface area (Å²) in [6.07, 6.45) is -0.837. The Balaban J connectivity index is 3.09. The Bertz CT molecular complexity index is 386. The molecule has 2 atom stereocenters. The molecule has 0 aromatic carbocycles. The van der Waals surface area contributed by atoms with Gasteiger partial charge in [0, 0.05) is 36.7 Å². The van der Waals surface area contributed by atoms with Crippen molar-refractivity contribution in [3.8, 4) is 0 Å². The lowest BCUT2D eigenvalue weighted by Gasteiger charge is -2.35. The van der Waals surface area contributed by atoms with E-state index in [2.05, 4.69) is 9.97 Å². The maximum absolute atomic E-state index is 12.7. The zero-order chi connectivity index (χ0) is 15.6. The summed E-state index contributed by atoms with van der Waals surface area (Å²) in [6, 6.07) is 0. The molecule has 2 unspecified atom stereocenters. The standard InChI is InChI=1S/C7H15Cl2N2O4P/c8-2-4-11(5-3-9)16(13)10-7(15-12)1-6-14-16/h7,12H,1-6H2,(H,10,13)/i2D2,4D2. The van der Waals surface area contributed by atoms with E-state index in [0.29, 0.717) is 4.67 Å². The van der Waals surface area contributed by atoms with Crippen molar-refractivity contribution in [1.82, 2.24) is 9.76 Å². The molecule has 0 saturated carbocycles. The molecule has 96 valence electrons. The van der Waals surface area contributed by atoms with Gasteiger partial charge in [0.15, 0.2) is 6.23 Å². The molecule has 6 nitrogen and oxygen atoms in total. The van der Waals surface area contributed by atoms with Crippen LogP contribution in [0.4, 0.5) is 0 Å². The third kappa shape index (κ3) is 3.82. The summed E-state index contributed by atoms with van der Waals surface area (Å²) in [7, 11) is -4.02. The molecule has 0 radical (unpaired) electrons. The van der Waals surface area contributed by atoms with E-state index in [4.69, 9.17) is 38.5 Å². The van der Waals surface area contributed by atoms with E-state index in [9.17, 15) is 4.57 Å². The highest BCUT2D eigenvalue weighted by Crippen LogP contribution is 2.49. The average molecular weight is 297 g/mol. The Kier molecular flexibility index (Phi) is 4.25. The van der Waals surface area contributed by atoms with E-state index in [-0.39, 0.29) is 25.5 Å². The van der Waals surface area contributed by atoms with Gasteiger partial charge in [-0.3, -0.25) is 9.82 Å². The number of nitrogens with one attached hydrogen (secondary N) is 1. The molecule has 1 fully saturated rings. The van der Waals surface area contributed by atoms with E-state index >= 15 is 0 Å². The van der Waals surface area contributed by atoms with Crippen LogP contribution in [0.2, 0.25) is 0 Å². The first-order valence-corrected chi connectivity index (χ1v) is 6.93. The molecule has 16 heavy (non-hydrogen) atoms. The minimum absolute atomic E-state index is 0.0738. The van der Waals surface area contributed by atoms with Gasteiger partial charge in [-0.15, -0.1) is 23.2 Å². The van der Waals surface area contributed by atoms with Gasteiger partial charge in [0.05, 0.1) is 6.61 Å². The number of nitrogens with zero attached hydrogens (tertiary/aromatic N) is 1. The monoisotopic (exact) mass is 296 g/mol. The van der Waals surface area contributed by atoms with Crippen molar-refractivity contribution in [3.63, 3.8) is 0 Å². The Labute approximate surface area is 110 Å². The van der Waals surface area contributed by atoms with Crippen LogP contribution in [-0.2, 0) is 14.0 Å². The second kappa shape index (κ2) is 7.13. The molecule has 1 saturated heterocycles. The number of alkyl halides is 2. The van der Waals surface area contributed by atoms with Gasteiger partial charge in [0.25, 0.3) is 0 Å². The summed E-state index contributed by atoms with van der Waals surface area (Å²) in [5.41, 5.74) is 0. The molecular weight excluding hydrogens is 278 g/mol. The topological polar surface area (TPSA) is 71.0 Å². The third-order valence-corrected chi connectivity index (χ3v) is 4.20. The molecule has 1 aliphatic heterocycles. The van der Waals surface area contributed by atoms with Crippen molar-refractivity contribution in [2.24, 2.45) is 0 Å². The summed E-state index contributed by atoms with van der Waals surface area (Å²) in [5, 5.41) is 10.9. The van der Waals surface area contributed by atoms with Crippen molar-refractivity contribution in [3.05, 3.63) is 0 Å². The van der Waals surface area contributed by atoms with Gasteiger partial charge in [-0.1, -0.05) is 0 Å². The second-order valence-electron chi connectivity index (χ2n) is 2.88. The minimum Gasteiger partial charge on any atom is -0.306 e. The maximum Gasteiger partial charge on any atom is 0.345 e. The van der Waals surface area contributed by atoms with E-state index in [1.165, 1.54) is 0 Å². The third-order valence-electron chi connectivity index (χ3n) is 1.87. The van der Waals surface area contributed by atoms with E-state index in [0.717, 1.165) is 0 Å². The van der Waals surface area contributed by atoms with Crippen LogP contribution >= 0.6 is 30.9 Å². The molecule has 1 heterocycles. The van der Waals surface area contributed by atoms with Crippen LogP contribution in [0.25, 0.3) is 0 Å². The number of halogens is 2. The van der Waals surface area contributed by atoms with Crippen LogP contribution in [0.5, 0.6) is 0 Å². The normalized spacial score (nSPS) is 36.4. The lowest BCUT2D eigenvalue weighted by atomic mass is 10.4. The van der Waals surface area contributed by atoms with Crippen molar-refractivity contribution < 1.29 is 24.7 Å². The fraction of sp³-hybridized carbons (Fsp3) is 1.00. The first kappa shape index (κ1) is 9.53. The van der Waals surface area contributed by atoms with Crippen molar-refractivity contribution in [2.45, 2.75) is 12.6 Å². The van der Waals surface area contributed by atoms with Gasteiger partial charge in [-0.25, -0.2) is 14.6 Å². The Morgan fingerprint density at radius 3 is 3.06 bits per heavy atom. The number of hydrogen-bond donors (Lipinski definition) is 2. The van der Waals surface area contributed by atoms with Crippen molar-refractivity contribution in [1.29, 1.82) is 0 Å². The van der Waals surface area contributed by atoms with Crippen LogP contribution in [0.15, 0.2) is 0 Å². The van der Waals surface area contributed by atoms with Crippen LogP contribution in [0.1, 0.15) is 11.9 Å². The first-order chi connectivity index (χ1) is 9.08. The quantitative estimate of drug-likeness (QED) is 0.336. The fourth-order valence-corrected chi connectivity index (χ4v) is 3.40. The zero-order valence-electron chi connectivity index (χ0n) is 12.2. The van der Waals surface area contributed by atoms with Gasteiger partial charge in [0.1, 0.15) is 0 Å². The summed E-state index contributed by atoms with van der Waals surface area (Å²) in [5.74, 6) is -2.97. The van der Waals surface area contributed by atoms with Crippen LogP contribution in [0, 0.1) is 0 Å². The van der Waals surface area contributed by atoms with Crippen molar-refractivity contribution in [2.75, 3.05) is 31.4 Å². The average Bonchev–Trinajstić information content (AvgIpc) is 2.34. The van der Waals surface area contributed by atoms with Gasteiger partial charge >= 0.3 is 7.67 Å². The molecule has 2 N–H and O–H groups in total. The predicted octanol–water partition coefficient (Wildman–Crippen LogP) is 1.70. The highest BCUT2D eigenvalue weighted by atomic mass is 35.5. The highest BCUT2D eigenvalue weighted by molar-refractivity contribution is 7.54. The molecule has 0 aromatic rings. The fourth-order valence-electron chi connectivity index (χ4n) is 1.17. The summed E-state index contributed by atoms with van der Waals surface area (Å²) < 4.78 is 48.5. The molecule has 0 amide bonds. The second-order valence-corrected chi connectivity index (χ2v) is 5.49. The minimum atomic E-state index is -4.02. The van der Waals surface area contributed by atoms with E-state index in [1.807, 2.05) is 0 Å². The van der Waals surface area contributed by atoms with Gasteiger partial charge in [-0.05, 0) is 0 Å². The number of rotatable bonds is 6.